The number of nitriles is 1. The van der Waals surface area contributed by atoms with Gasteiger partial charge in [0.1, 0.15) is 11.6 Å². The maximum atomic E-state index is 11.2. The van der Waals surface area contributed by atoms with Crippen molar-refractivity contribution < 1.29 is 14.8 Å². The lowest BCUT2D eigenvalue weighted by molar-refractivity contribution is -0.384. The van der Waals surface area contributed by atoms with Crippen LogP contribution in [0.3, 0.4) is 0 Å². The number of aliphatic hydroxyl groups is 1. The third kappa shape index (κ3) is 2.66. The Morgan fingerprint density at radius 2 is 2.00 bits per heavy atom. The molecule has 1 atom stereocenters. The number of benzene rings is 2. The van der Waals surface area contributed by atoms with E-state index in [0.717, 1.165) is 5.69 Å². The molecule has 8 heteroatoms. The zero-order chi connectivity index (χ0) is 19.8. The van der Waals surface area contributed by atoms with Crippen LogP contribution >= 0.6 is 0 Å². The van der Waals surface area contributed by atoms with Gasteiger partial charge in [0.05, 0.1) is 27.8 Å². The number of aliphatic hydroxyl groups excluding tert-OH is 1. The Morgan fingerprint density at radius 3 is 2.68 bits per heavy atom. The molecular formula is C20H14N4O4. The molecule has 0 radical (unpaired) electrons. The van der Waals surface area contributed by atoms with Crippen LogP contribution in [0.1, 0.15) is 22.7 Å². The standard InChI is InChI=1S/C20H14N4O4/c1-12-17-18(13-6-5-9-15(10-13)24(26)27)16(11-21)20(25)28-19(17)23(22-12)14-7-3-2-4-8-14/h2-10,18,25H,1H3. The van der Waals surface area contributed by atoms with Crippen LogP contribution in [0.2, 0.25) is 0 Å². The Bertz CT molecular complexity index is 1160. The summed E-state index contributed by atoms with van der Waals surface area (Å²) in [6.45, 7) is 1.77. The molecule has 0 spiro atoms. The van der Waals surface area contributed by atoms with Crippen molar-refractivity contribution in [2.75, 3.05) is 0 Å². The van der Waals surface area contributed by atoms with Gasteiger partial charge in [0, 0.05) is 12.1 Å². The van der Waals surface area contributed by atoms with Crippen molar-refractivity contribution in [3.63, 3.8) is 0 Å². The van der Waals surface area contributed by atoms with Crippen LogP contribution in [-0.4, -0.2) is 19.8 Å². The number of nitro groups is 1. The predicted octanol–water partition coefficient (Wildman–Crippen LogP) is 3.91. The van der Waals surface area contributed by atoms with Gasteiger partial charge in [-0.2, -0.15) is 10.4 Å². The number of rotatable bonds is 3. The van der Waals surface area contributed by atoms with Crippen LogP contribution in [-0.2, 0) is 0 Å². The SMILES string of the molecule is Cc1nn(-c2ccccc2)c2c1C(c1cccc([N+](=O)[O-])c1)C(C#N)=C(O)O2. The maximum Gasteiger partial charge on any atom is 0.298 e. The molecule has 0 fully saturated rings. The largest absolute Gasteiger partial charge is 0.480 e. The molecule has 0 bridgehead atoms. The molecule has 2 aromatic carbocycles. The minimum absolute atomic E-state index is 0.0243. The predicted molar refractivity (Wildman–Crippen MR) is 99.1 cm³/mol. The number of nitrogens with zero attached hydrogens (tertiary/aromatic N) is 4. The molecule has 1 unspecified atom stereocenters. The van der Waals surface area contributed by atoms with Gasteiger partial charge in [-0.15, -0.1) is 0 Å². The van der Waals surface area contributed by atoms with Gasteiger partial charge in [0.25, 0.3) is 11.6 Å². The van der Waals surface area contributed by atoms with Gasteiger partial charge >= 0.3 is 0 Å². The number of hydrogen-bond donors (Lipinski definition) is 1. The first-order valence-electron chi connectivity index (χ1n) is 8.41. The van der Waals surface area contributed by atoms with E-state index in [1.807, 2.05) is 36.4 Å². The topological polar surface area (TPSA) is 114 Å². The van der Waals surface area contributed by atoms with Gasteiger partial charge in [-0.3, -0.25) is 10.1 Å². The molecule has 1 aliphatic heterocycles. The van der Waals surface area contributed by atoms with Crippen molar-refractivity contribution in [1.29, 1.82) is 5.26 Å². The van der Waals surface area contributed by atoms with Gasteiger partial charge in [0.2, 0.25) is 5.88 Å². The van der Waals surface area contributed by atoms with Crippen LogP contribution in [0.25, 0.3) is 5.69 Å². The van der Waals surface area contributed by atoms with Crippen molar-refractivity contribution in [3.8, 4) is 17.6 Å². The highest BCUT2D eigenvalue weighted by atomic mass is 16.6. The summed E-state index contributed by atoms with van der Waals surface area (Å²) in [4.78, 5) is 10.7. The van der Waals surface area contributed by atoms with Crippen LogP contribution in [0.5, 0.6) is 5.88 Å². The number of nitro benzene ring substituents is 1. The van der Waals surface area contributed by atoms with Crippen molar-refractivity contribution >= 4 is 5.69 Å². The summed E-state index contributed by atoms with van der Waals surface area (Å²) in [6, 6.07) is 17.2. The van der Waals surface area contributed by atoms with Crippen LogP contribution in [0.15, 0.2) is 66.1 Å². The summed E-state index contributed by atoms with van der Waals surface area (Å²) in [5.74, 6) is -0.994. The first kappa shape index (κ1) is 17.3. The lowest BCUT2D eigenvalue weighted by Crippen LogP contribution is -2.17. The van der Waals surface area contributed by atoms with E-state index in [-0.39, 0.29) is 17.1 Å². The summed E-state index contributed by atoms with van der Waals surface area (Å²) in [5.41, 5.74) is 2.27. The molecule has 3 aromatic rings. The summed E-state index contributed by atoms with van der Waals surface area (Å²) in [6.07, 6.45) is 0. The molecule has 1 aromatic heterocycles. The van der Waals surface area contributed by atoms with Gasteiger partial charge in [-0.25, -0.2) is 4.68 Å². The number of non-ortho nitro benzene ring substituents is 1. The van der Waals surface area contributed by atoms with E-state index in [1.54, 1.807) is 23.7 Å². The Balaban J connectivity index is 1.96. The third-order valence-corrected chi connectivity index (χ3v) is 4.60. The molecule has 1 N–H and O–H groups in total. The highest BCUT2D eigenvalue weighted by molar-refractivity contribution is 5.57. The Labute approximate surface area is 159 Å². The fraction of sp³-hybridized carbons (Fsp3) is 0.100. The molecule has 28 heavy (non-hydrogen) atoms. The number of aromatic nitrogens is 2. The van der Waals surface area contributed by atoms with E-state index in [2.05, 4.69) is 5.10 Å². The second-order valence-electron chi connectivity index (χ2n) is 6.27. The van der Waals surface area contributed by atoms with Gasteiger partial charge in [-0.05, 0) is 24.6 Å². The molecule has 4 rings (SSSR count). The van der Waals surface area contributed by atoms with Crippen molar-refractivity contribution in [1.82, 2.24) is 9.78 Å². The first-order valence-corrected chi connectivity index (χ1v) is 8.41. The molecule has 138 valence electrons. The summed E-state index contributed by atoms with van der Waals surface area (Å²) >= 11 is 0. The zero-order valence-electron chi connectivity index (χ0n) is 14.7. The zero-order valence-corrected chi connectivity index (χ0v) is 14.7. The van der Waals surface area contributed by atoms with Gasteiger partial charge < -0.3 is 9.84 Å². The lowest BCUT2D eigenvalue weighted by Gasteiger charge is -2.23. The van der Waals surface area contributed by atoms with Gasteiger partial charge in [-0.1, -0.05) is 30.3 Å². The Hall–Kier alpha value is -4.12. The maximum absolute atomic E-state index is 11.2. The smallest absolute Gasteiger partial charge is 0.298 e. The molecular weight excluding hydrogens is 360 g/mol. The Morgan fingerprint density at radius 1 is 1.25 bits per heavy atom. The van der Waals surface area contributed by atoms with Gasteiger partial charge in [0.15, 0.2) is 0 Å². The van der Waals surface area contributed by atoms with E-state index >= 15 is 0 Å². The number of fused-ring (bicyclic) bond motifs is 1. The highest BCUT2D eigenvalue weighted by Gasteiger charge is 2.37. The number of allylic oxidation sites excluding steroid dienone is 1. The highest BCUT2D eigenvalue weighted by Crippen LogP contribution is 2.45. The van der Waals surface area contributed by atoms with E-state index in [4.69, 9.17) is 4.74 Å². The quantitative estimate of drug-likeness (QED) is 0.549. The average Bonchev–Trinajstić information content (AvgIpc) is 3.03. The van der Waals surface area contributed by atoms with E-state index in [1.165, 1.54) is 12.1 Å². The van der Waals surface area contributed by atoms with E-state index in [9.17, 15) is 20.5 Å². The van der Waals surface area contributed by atoms with Crippen molar-refractivity contribution in [2.24, 2.45) is 0 Å². The van der Waals surface area contributed by atoms with Crippen molar-refractivity contribution in [2.45, 2.75) is 12.8 Å². The summed E-state index contributed by atoms with van der Waals surface area (Å²) < 4.78 is 7.09. The fourth-order valence-corrected chi connectivity index (χ4v) is 3.37. The number of ether oxygens (including phenoxy) is 1. The van der Waals surface area contributed by atoms with Crippen molar-refractivity contribution in [3.05, 3.63) is 93.1 Å². The minimum atomic E-state index is -0.730. The normalized spacial score (nSPS) is 15.5. The molecule has 1 aliphatic rings. The molecule has 0 saturated heterocycles. The average molecular weight is 374 g/mol. The molecule has 2 heterocycles. The van der Waals surface area contributed by atoms with E-state index < -0.39 is 16.8 Å². The number of para-hydroxylation sites is 1. The molecule has 0 amide bonds. The molecule has 0 saturated carbocycles. The van der Waals surface area contributed by atoms with Crippen LogP contribution in [0, 0.1) is 28.4 Å². The van der Waals surface area contributed by atoms with E-state index in [0.29, 0.717) is 16.8 Å². The Kier molecular flexibility index (Phi) is 4.05. The minimum Gasteiger partial charge on any atom is -0.480 e. The third-order valence-electron chi connectivity index (χ3n) is 4.60. The second-order valence-corrected chi connectivity index (χ2v) is 6.27. The number of aryl methyl sites for hydroxylation is 1. The fourth-order valence-electron chi connectivity index (χ4n) is 3.37. The number of hydrogen-bond acceptors (Lipinski definition) is 6. The molecule has 0 aliphatic carbocycles. The lowest BCUT2D eigenvalue weighted by atomic mass is 9.84. The van der Waals surface area contributed by atoms with Crippen LogP contribution < -0.4 is 4.74 Å². The summed E-state index contributed by atoms with van der Waals surface area (Å²) in [7, 11) is 0. The second kappa shape index (κ2) is 6.55. The monoisotopic (exact) mass is 374 g/mol. The summed E-state index contributed by atoms with van der Waals surface area (Å²) in [5, 5.41) is 35.7. The first-order chi connectivity index (χ1) is 13.5. The van der Waals surface area contributed by atoms with Crippen LogP contribution in [0.4, 0.5) is 5.69 Å². The molecule has 8 nitrogen and oxygen atoms in total.